The fraction of sp³-hybridized carbons (Fsp3) is 0.500. The lowest BCUT2D eigenvalue weighted by Crippen LogP contribution is -2.51. The van der Waals surface area contributed by atoms with Crippen molar-refractivity contribution in [1.29, 1.82) is 0 Å². The lowest BCUT2D eigenvalue weighted by molar-refractivity contribution is -0.132. The molecule has 0 saturated heterocycles. The van der Waals surface area contributed by atoms with Crippen molar-refractivity contribution in [3.63, 3.8) is 0 Å². The zero-order chi connectivity index (χ0) is 33.1. The first-order valence-electron chi connectivity index (χ1n) is 16.1. The number of rotatable bonds is 17. The van der Waals surface area contributed by atoms with E-state index >= 15 is 0 Å². The SMILES string of the molecule is CCCN(CCC)C(=O)C1=CC(C)=CC(C(N)=O)([C@H](Cc2cc(F)cc(F)c2)[C@@H](O)CNCc2cccc(N(CC)CC)c2)C1. The molecule has 4 N–H and O–H groups in total. The molecule has 0 fully saturated rings. The number of amides is 2. The van der Waals surface area contributed by atoms with Crippen LogP contribution in [0.25, 0.3) is 0 Å². The third kappa shape index (κ3) is 9.23. The number of aliphatic hydroxyl groups is 1. The van der Waals surface area contributed by atoms with Gasteiger partial charge in [0, 0.05) is 62.5 Å². The van der Waals surface area contributed by atoms with E-state index in [0.29, 0.717) is 30.8 Å². The van der Waals surface area contributed by atoms with E-state index in [1.54, 1.807) is 24.0 Å². The van der Waals surface area contributed by atoms with Crippen LogP contribution in [0, 0.1) is 23.0 Å². The summed E-state index contributed by atoms with van der Waals surface area (Å²) in [7, 11) is 0. The summed E-state index contributed by atoms with van der Waals surface area (Å²) in [5.41, 5.74) is 8.18. The zero-order valence-electron chi connectivity index (χ0n) is 27.4. The summed E-state index contributed by atoms with van der Waals surface area (Å²) in [4.78, 5) is 31.2. The van der Waals surface area contributed by atoms with Crippen molar-refractivity contribution in [2.75, 3.05) is 37.6 Å². The number of primary amides is 1. The normalized spacial score (nSPS) is 17.7. The molecule has 0 spiro atoms. The molecule has 0 saturated carbocycles. The van der Waals surface area contributed by atoms with Crippen LogP contribution in [-0.4, -0.2) is 60.6 Å². The van der Waals surface area contributed by atoms with Gasteiger partial charge < -0.3 is 26.0 Å². The predicted octanol–water partition coefficient (Wildman–Crippen LogP) is 5.52. The minimum Gasteiger partial charge on any atom is -0.391 e. The number of anilines is 1. The summed E-state index contributed by atoms with van der Waals surface area (Å²) >= 11 is 0. The van der Waals surface area contributed by atoms with Crippen molar-refractivity contribution < 1.29 is 23.5 Å². The summed E-state index contributed by atoms with van der Waals surface area (Å²) in [5, 5.41) is 15.1. The van der Waals surface area contributed by atoms with Crippen molar-refractivity contribution in [3.8, 4) is 0 Å². The molecule has 2 aromatic rings. The first kappa shape index (κ1) is 35.9. The fourth-order valence-electron chi connectivity index (χ4n) is 6.52. The van der Waals surface area contributed by atoms with Gasteiger partial charge in [-0.2, -0.15) is 0 Å². The molecule has 0 radical (unpaired) electrons. The van der Waals surface area contributed by atoms with Gasteiger partial charge in [-0.25, -0.2) is 8.78 Å². The lowest BCUT2D eigenvalue weighted by atomic mass is 9.63. The second-order valence-corrected chi connectivity index (χ2v) is 12.1. The Balaban J connectivity index is 1.96. The van der Waals surface area contributed by atoms with E-state index in [1.807, 2.05) is 26.0 Å². The number of nitrogens with two attached hydrogens (primary N) is 1. The van der Waals surface area contributed by atoms with Gasteiger partial charge in [0.15, 0.2) is 0 Å². The van der Waals surface area contributed by atoms with E-state index in [2.05, 4.69) is 36.2 Å². The molecule has 45 heavy (non-hydrogen) atoms. The molecule has 1 unspecified atom stereocenters. The number of nitrogens with zero attached hydrogens (tertiary/aromatic N) is 2. The average molecular weight is 625 g/mol. The molecule has 1 aliphatic carbocycles. The summed E-state index contributed by atoms with van der Waals surface area (Å²) in [6, 6.07) is 11.3. The molecule has 3 rings (SSSR count). The van der Waals surface area contributed by atoms with Crippen molar-refractivity contribution in [1.82, 2.24) is 10.2 Å². The standard InChI is InChI=1S/C36H50F2N4O3/c1-6-13-42(14-7-2)34(44)28-15-25(5)21-36(22-28,35(39)45)32(19-27-16-29(37)20-30(38)17-27)33(43)24-40-23-26-11-10-12-31(18-26)41(8-3)9-4/h10-12,15-18,20-21,32-33,40,43H,6-9,13-14,19,22-24H2,1-5H3,(H2,39,45)/t32-,33+,36?/m1/s1. The number of carbonyl (C=O) groups is 2. The number of benzene rings is 2. The van der Waals surface area contributed by atoms with Crippen molar-refractivity contribution in [2.45, 2.75) is 73.0 Å². The number of nitrogens with one attached hydrogen (secondary N) is 1. The van der Waals surface area contributed by atoms with Crippen LogP contribution in [0.3, 0.4) is 0 Å². The molecule has 7 nitrogen and oxygen atoms in total. The van der Waals surface area contributed by atoms with Crippen LogP contribution in [0.15, 0.2) is 65.8 Å². The van der Waals surface area contributed by atoms with Crippen LogP contribution in [0.4, 0.5) is 14.5 Å². The van der Waals surface area contributed by atoms with Crippen molar-refractivity contribution in [2.24, 2.45) is 17.1 Å². The summed E-state index contributed by atoms with van der Waals surface area (Å²) in [6.07, 6.45) is 3.86. The van der Waals surface area contributed by atoms with Gasteiger partial charge in [0.05, 0.1) is 11.5 Å². The first-order chi connectivity index (χ1) is 21.5. The largest absolute Gasteiger partial charge is 0.391 e. The van der Waals surface area contributed by atoms with Gasteiger partial charge in [-0.05, 0) is 81.8 Å². The quantitative estimate of drug-likeness (QED) is 0.216. The minimum atomic E-state index is -1.47. The first-order valence-corrected chi connectivity index (χ1v) is 16.1. The monoisotopic (exact) mass is 624 g/mol. The highest BCUT2D eigenvalue weighted by Crippen LogP contribution is 2.44. The highest BCUT2D eigenvalue weighted by molar-refractivity contribution is 5.97. The molecule has 0 bridgehead atoms. The van der Waals surface area contributed by atoms with Crippen LogP contribution >= 0.6 is 0 Å². The van der Waals surface area contributed by atoms with Gasteiger partial charge in [-0.3, -0.25) is 9.59 Å². The Labute approximate surface area is 267 Å². The predicted molar refractivity (Wildman–Crippen MR) is 177 cm³/mol. The van der Waals surface area contributed by atoms with Gasteiger partial charge in [-0.15, -0.1) is 0 Å². The van der Waals surface area contributed by atoms with E-state index in [1.165, 1.54) is 12.1 Å². The zero-order valence-corrected chi connectivity index (χ0v) is 27.4. The molecule has 2 aromatic carbocycles. The highest BCUT2D eigenvalue weighted by atomic mass is 19.1. The van der Waals surface area contributed by atoms with E-state index in [-0.39, 0.29) is 30.9 Å². The second-order valence-electron chi connectivity index (χ2n) is 12.1. The molecule has 0 heterocycles. The number of halogens is 2. The van der Waals surface area contributed by atoms with E-state index in [0.717, 1.165) is 43.2 Å². The van der Waals surface area contributed by atoms with E-state index in [9.17, 15) is 23.5 Å². The molecule has 2 amide bonds. The maximum absolute atomic E-state index is 14.3. The Bertz CT molecular complexity index is 1350. The number of hydrogen-bond acceptors (Lipinski definition) is 5. The summed E-state index contributed by atoms with van der Waals surface area (Å²) < 4.78 is 28.6. The molecule has 3 atom stereocenters. The summed E-state index contributed by atoms with van der Waals surface area (Å²) in [6.45, 7) is 13.4. The third-order valence-corrected chi connectivity index (χ3v) is 8.60. The van der Waals surface area contributed by atoms with Gasteiger partial charge in [0.1, 0.15) is 11.6 Å². The summed E-state index contributed by atoms with van der Waals surface area (Å²) in [5.74, 6) is -3.27. The molecular weight excluding hydrogens is 574 g/mol. The molecule has 9 heteroatoms. The smallest absolute Gasteiger partial charge is 0.249 e. The Kier molecular flexibility index (Phi) is 13.3. The molecule has 1 aliphatic rings. The van der Waals surface area contributed by atoms with Crippen LogP contribution in [0.1, 0.15) is 65.0 Å². The van der Waals surface area contributed by atoms with Crippen LogP contribution in [0.2, 0.25) is 0 Å². The number of hydrogen-bond donors (Lipinski definition) is 3. The van der Waals surface area contributed by atoms with Gasteiger partial charge in [0.25, 0.3) is 0 Å². The topological polar surface area (TPSA) is 98.9 Å². The fourth-order valence-corrected chi connectivity index (χ4v) is 6.52. The Morgan fingerprint density at radius 3 is 2.22 bits per heavy atom. The third-order valence-electron chi connectivity index (χ3n) is 8.60. The lowest BCUT2D eigenvalue weighted by Gasteiger charge is -2.42. The molecule has 0 aliphatic heterocycles. The van der Waals surface area contributed by atoms with Crippen molar-refractivity contribution >= 4 is 17.5 Å². The average Bonchev–Trinajstić information content (AvgIpc) is 2.99. The van der Waals surface area contributed by atoms with E-state index < -0.39 is 35.0 Å². The maximum Gasteiger partial charge on any atom is 0.249 e. The maximum atomic E-state index is 14.3. The van der Waals surface area contributed by atoms with Crippen molar-refractivity contribution in [3.05, 3.63) is 88.5 Å². The Morgan fingerprint density at radius 1 is 1.00 bits per heavy atom. The van der Waals surface area contributed by atoms with Crippen LogP contribution in [0.5, 0.6) is 0 Å². The van der Waals surface area contributed by atoms with Gasteiger partial charge in [-0.1, -0.05) is 43.7 Å². The van der Waals surface area contributed by atoms with Crippen LogP contribution in [-0.2, 0) is 22.6 Å². The Morgan fingerprint density at radius 2 is 1.64 bits per heavy atom. The van der Waals surface area contributed by atoms with E-state index in [4.69, 9.17) is 5.73 Å². The van der Waals surface area contributed by atoms with Crippen LogP contribution < -0.4 is 16.0 Å². The number of aliphatic hydroxyl groups excluding tert-OH is 1. The van der Waals surface area contributed by atoms with Gasteiger partial charge in [0.2, 0.25) is 11.8 Å². The van der Waals surface area contributed by atoms with Gasteiger partial charge >= 0.3 is 0 Å². The number of carbonyl (C=O) groups excluding carboxylic acids is 2. The molecular formula is C36H50F2N4O3. The highest BCUT2D eigenvalue weighted by Gasteiger charge is 2.48. The molecule has 246 valence electrons. The molecule has 0 aromatic heterocycles. The second kappa shape index (κ2) is 16.7. The number of allylic oxidation sites excluding steroid dienone is 2. The minimum absolute atomic E-state index is 0.0200. The Hall–Kier alpha value is -3.56.